The van der Waals surface area contributed by atoms with E-state index in [-0.39, 0.29) is 17.8 Å². The first kappa shape index (κ1) is 20.7. The predicted molar refractivity (Wildman–Crippen MR) is 122 cm³/mol. The van der Waals surface area contributed by atoms with Gasteiger partial charge in [0.1, 0.15) is 0 Å². The van der Waals surface area contributed by atoms with Crippen LogP contribution in [0.5, 0.6) is 0 Å². The molecule has 7 nitrogen and oxygen atoms in total. The lowest BCUT2D eigenvalue weighted by molar-refractivity contribution is 0.0949. The third-order valence-electron chi connectivity index (χ3n) is 5.01. The van der Waals surface area contributed by atoms with Gasteiger partial charge in [0, 0.05) is 5.39 Å². The van der Waals surface area contributed by atoms with E-state index in [1.165, 1.54) is 4.68 Å². The molecule has 0 aliphatic rings. The molecule has 3 aromatic carbocycles. The summed E-state index contributed by atoms with van der Waals surface area (Å²) in [5, 5.41) is 18.3. The summed E-state index contributed by atoms with van der Waals surface area (Å²) in [6.45, 7) is 2.00. The van der Waals surface area contributed by atoms with Crippen molar-refractivity contribution >= 4 is 22.4 Å². The van der Waals surface area contributed by atoms with Crippen LogP contribution in [0, 0.1) is 11.3 Å². The van der Waals surface area contributed by atoms with Crippen LogP contribution in [0.25, 0.3) is 10.8 Å². The first-order chi connectivity index (χ1) is 15.6. The number of hydrogen-bond acceptors (Lipinski definition) is 5. The zero-order valence-electron chi connectivity index (χ0n) is 17.3. The minimum absolute atomic E-state index is 0.118. The van der Waals surface area contributed by atoms with Crippen LogP contribution >= 0.6 is 0 Å². The van der Waals surface area contributed by atoms with Crippen molar-refractivity contribution < 1.29 is 4.79 Å². The molecule has 0 spiro atoms. The molecule has 0 saturated heterocycles. The van der Waals surface area contributed by atoms with Crippen molar-refractivity contribution in [3.63, 3.8) is 0 Å². The van der Waals surface area contributed by atoms with E-state index in [0.717, 1.165) is 11.1 Å². The number of carbonyl (C=O) groups is 1. The molecule has 4 rings (SSSR count). The number of hydrogen-bond donors (Lipinski definition) is 1. The van der Waals surface area contributed by atoms with Gasteiger partial charge in [0.15, 0.2) is 5.69 Å². The number of hydrazone groups is 1. The lowest BCUT2D eigenvalue weighted by atomic mass is 10.1. The summed E-state index contributed by atoms with van der Waals surface area (Å²) in [7, 11) is 0. The molecule has 0 aliphatic carbocycles. The molecule has 1 amide bonds. The number of fused-ring (bicyclic) bond motifs is 1. The number of amides is 1. The molecule has 0 unspecified atom stereocenters. The van der Waals surface area contributed by atoms with Crippen LogP contribution in [0.4, 0.5) is 0 Å². The molecule has 0 radical (unpaired) electrons. The Kier molecular flexibility index (Phi) is 5.86. The van der Waals surface area contributed by atoms with Crippen molar-refractivity contribution in [1.29, 1.82) is 5.26 Å². The molecule has 1 N–H and O–H groups in total. The maximum absolute atomic E-state index is 13.0. The lowest BCUT2D eigenvalue weighted by Crippen LogP contribution is -2.29. The second kappa shape index (κ2) is 9.06. The Morgan fingerprint density at radius 3 is 2.34 bits per heavy atom. The molecule has 7 heteroatoms. The third kappa shape index (κ3) is 4.30. The SMILES string of the molecule is C/C(=N\NC(=O)c1nn(Cc2ccccc2)c(=O)c2ccccc12)c1ccc(C#N)cc1. The molecule has 0 fully saturated rings. The quantitative estimate of drug-likeness (QED) is 0.394. The number of benzene rings is 3. The number of nitrogens with one attached hydrogen (secondary N) is 1. The minimum Gasteiger partial charge on any atom is -0.267 e. The van der Waals surface area contributed by atoms with Gasteiger partial charge in [0.05, 0.1) is 29.3 Å². The first-order valence-electron chi connectivity index (χ1n) is 9.96. The van der Waals surface area contributed by atoms with Gasteiger partial charge in [0.25, 0.3) is 11.5 Å². The van der Waals surface area contributed by atoms with Crippen LogP contribution in [0.1, 0.15) is 34.1 Å². The summed E-state index contributed by atoms with van der Waals surface area (Å²) in [4.78, 5) is 25.9. The molecular weight excluding hydrogens is 402 g/mol. The van der Waals surface area contributed by atoms with E-state index in [2.05, 4.69) is 21.7 Å². The second-order valence-corrected chi connectivity index (χ2v) is 7.17. The average molecular weight is 421 g/mol. The minimum atomic E-state index is -0.518. The molecule has 0 saturated carbocycles. The van der Waals surface area contributed by atoms with E-state index in [1.54, 1.807) is 55.5 Å². The third-order valence-corrected chi connectivity index (χ3v) is 5.01. The summed E-state index contributed by atoms with van der Waals surface area (Å²) in [5.74, 6) is -0.518. The maximum Gasteiger partial charge on any atom is 0.292 e. The van der Waals surface area contributed by atoms with Gasteiger partial charge in [-0.15, -0.1) is 0 Å². The van der Waals surface area contributed by atoms with E-state index in [0.29, 0.717) is 22.0 Å². The molecule has 0 aliphatic heterocycles. The fraction of sp³-hybridized carbons (Fsp3) is 0.0800. The maximum atomic E-state index is 13.0. The highest BCUT2D eigenvalue weighted by Crippen LogP contribution is 2.14. The zero-order valence-corrected chi connectivity index (χ0v) is 17.3. The Morgan fingerprint density at radius 2 is 1.66 bits per heavy atom. The van der Waals surface area contributed by atoms with Gasteiger partial charge in [-0.25, -0.2) is 10.1 Å². The average Bonchev–Trinajstić information content (AvgIpc) is 2.84. The molecule has 0 bridgehead atoms. The van der Waals surface area contributed by atoms with E-state index in [4.69, 9.17) is 5.26 Å². The topological polar surface area (TPSA) is 100 Å². The Labute approximate surface area is 184 Å². The van der Waals surface area contributed by atoms with Gasteiger partial charge < -0.3 is 0 Å². The number of nitriles is 1. The van der Waals surface area contributed by atoms with E-state index < -0.39 is 5.91 Å². The van der Waals surface area contributed by atoms with E-state index >= 15 is 0 Å². The lowest BCUT2D eigenvalue weighted by Gasteiger charge is -2.10. The Hall–Kier alpha value is -4.57. The normalized spacial score (nSPS) is 11.2. The fourth-order valence-electron chi connectivity index (χ4n) is 3.30. The molecule has 1 heterocycles. The van der Waals surface area contributed by atoms with Crippen molar-refractivity contribution in [2.24, 2.45) is 5.10 Å². The van der Waals surface area contributed by atoms with E-state index in [9.17, 15) is 9.59 Å². The molecule has 1 aromatic heterocycles. The molecule has 0 atom stereocenters. The number of aromatic nitrogens is 2. The van der Waals surface area contributed by atoms with Gasteiger partial charge in [-0.3, -0.25) is 9.59 Å². The first-order valence-corrected chi connectivity index (χ1v) is 9.96. The molecule has 4 aromatic rings. The highest BCUT2D eigenvalue weighted by molar-refractivity contribution is 6.06. The van der Waals surface area contributed by atoms with E-state index in [1.807, 2.05) is 30.3 Å². The molecular formula is C25H19N5O2. The highest BCUT2D eigenvalue weighted by Gasteiger charge is 2.16. The van der Waals surface area contributed by atoms with Crippen molar-refractivity contribution in [3.05, 3.63) is 112 Å². The fourth-order valence-corrected chi connectivity index (χ4v) is 3.30. The van der Waals surface area contributed by atoms with Crippen LogP contribution in [0.2, 0.25) is 0 Å². The van der Waals surface area contributed by atoms with Crippen LogP contribution in [0.15, 0.2) is 88.8 Å². The van der Waals surface area contributed by atoms with Gasteiger partial charge in [-0.2, -0.15) is 15.5 Å². The Balaban J connectivity index is 1.68. The second-order valence-electron chi connectivity index (χ2n) is 7.17. The summed E-state index contributed by atoms with van der Waals surface area (Å²) < 4.78 is 1.30. The summed E-state index contributed by atoms with van der Waals surface area (Å²) in [5.41, 5.74) is 5.18. The highest BCUT2D eigenvalue weighted by atomic mass is 16.2. The standard InChI is InChI=1S/C25H19N5O2/c1-17(20-13-11-18(15-26)12-14-20)27-28-24(31)23-21-9-5-6-10-22(21)25(32)30(29-23)16-19-7-3-2-4-8-19/h2-14H,16H2,1H3,(H,28,31)/b27-17+. The van der Waals surface area contributed by atoms with Crippen molar-refractivity contribution in [3.8, 4) is 6.07 Å². The monoisotopic (exact) mass is 421 g/mol. The Bertz CT molecular complexity index is 1420. The summed E-state index contributed by atoms with van der Waals surface area (Å²) >= 11 is 0. The number of carbonyl (C=O) groups excluding carboxylic acids is 1. The van der Waals surface area contributed by atoms with Gasteiger partial charge in [-0.1, -0.05) is 60.7 Å². The van der Waals surface area contributed by atoms with Crippen molar-refractivity contribution in [2.75, 3.05) is 0 Å². The van der Waals surface area contributed by atoms with Crippen LogP contribution < -0.4 is 11.0 Å². The van der Waals surface area contributed by atoms with Crippen molar-refractivity contribution in [2.45, 2.75) is 13.5 Å². The predicted octanol–water partition coefficient (Wildman–Crippen LogP) is 3.47. The largest absolute Gasteiger partial charge is 0.292 e. The van der Waals surface area contributed by atoms with Crippen LogP contribution in [0.3, 0.4) is 0 Å². The smallest absolute Gasteiger partial charge is 0.267 e. The van der Waals surface area contributed by atoms with Crippen LogP contribution in [-0.2, 0) is 6.54 Å². The summed E-state index contributed by atoms with van der Waals surface area (Å²) in [6, 6.07) is 25.3. The van der Waals surface area contributed by atoms with Crippen LogP contribution in [-0.4, -0.2) is 21.4 Å². The molecule has 156 valence electrons. The number of rotatable bonds is 5. The van der Waals surface area contributed by atoms with Gasteiger partial charge in [0.2, 0.25) is 0 Å². The Morgan fingerprint density at radius 1 is 1.00 bits per heavy atom. The zero-order chi connectivity index (χ0) is 22.5. The number of nitrogens with zero attached hydrogens (tertiary/aromatic N) is 4. The van der Waals surface area contributed by atoms with Gasteiger partial charge in [-0.05, 0) is 36.2 Å². The summed E-state index contributed by atoms with van der Waals surface area (Å²) in [6.07, 6.45) is 0. The van der Waals surface area contributed by atoms with Crippen molar-refractivity contribution in [1.82, 2.24) is 15.2 Å². The molecule has 32 heavy (non-hydrogen) atoms. The van der Waals surface area contributed by atoms with Gasteiger partial charge >= 0.3 is 0 Å².